The van der Waals surface area contributed by atoms with Gasteiger partial charge in [-0.2, -0.15) is 0 Å². The molecule has 0 amide bonds. The molecule has 0 radical (unpaired) electrons. The number of aliphatic hydroxyl groups excluding tert-OH is 1. The van der Waals surface area contributed by atoms with Gasteiger partial charge in [-0.1, -0.05) is 49.4 Å². The molecule has 0 fully saturated rings. The molecular formula is C13H16O. The number of hydrogen-bond donors (Lipinski definition) is 1. The van der Waals surface area contributed by atoms with Gasteiger partial charge in [0.1, 0.15) is 0 Å². The Labute approximate surface area is 85.1 Å². The Balaban J connectivity index is 2.37. The quantitative estimate of drug-likeness (QED) is 0.672. The van der Waals surface area contributed by atoms with Gasteiger partial charge in [0.15, 0.2) is 0 Å². The molecule has 1 N–H and O–H groups in total. The molecule has 0 spiro atoms. The molecule has 1 aliphatic carbocycles. The molecule has 2 rings (SSSR count). The van der Waals surface area contributed by atoms with Crippen LogP contribution in [0, 0.1) is 0 Å². The van der Waals surface area contributed by atoms with Crippen molar-refractivity contribution in [3.8, 4) is 0 Å². The molecule has 0 aliphatic heterocycles. The molecule has 74 valence electrons. The lowest BCUT2D eigenvalue weighted by Crippen LogP contribution is -2.37. The van der Waals surface area contributed by atoms with E-state index in [4.69, 9.17) is 0 Å². The van der Waals surface area contributed by atoms with Crippen molar-refractivity contribution in [3.63, 3.8) is 0 Å². The summed E-state index contributed by atoms with van der Waals surface area (Å²) in [6.45, 7) is 2.14. The second-order valence-electron chi connectivity index (χ2n) is 4.20. The predicted octanol–water partition coefficient (Wildman–Crippen LogP) is 2.66. The van der Waals surface area contributed by atoms with Crippen LogP contribution < -0.4 is 0 Å². The van der Waals surface area contributed by atoms with Gasteiger partial charge in [0.05, 0.1) is 6.10 Å². The summed E-state index contributed by atoms with van der Waals surface area (Å²) in [5, 5.41) is 9.99. The molecule has 1 nitrogen and oxygen atoms in total. The Morgan fingerprint density at radius 1 is 1.29 bits per heavy atom. The maximum Gasteiger partial charge on any atom is 0.0814 e. The van der Waals surface area contributed by atoms with Crippen molar-refractivity contribution in [3.05, 3.63) is 48.0 Å². The fraction of sp³-hybridized carbons (Fsp3) is 0.385. The van der Waals surface area contributed by atoms with Crippen molar-refractivity contribution < 1.29 is 5.11 Å². The standard InChI is InChI=1S/C13H16O/c1-13(10-6-5-9-12(13)14)11-7-3-2-4-8-11/h2-5,7-9,12,14H,6,10H2,1H3/t12-,13+/m1/s1. The van der Waals surface area contributed by atoms with Crippen LogP contribution in [0.4, 0.5) is 0 Å². The molecule has 0 bridgehead atoms. The minimum absolute atomic E-state index is 0.101. The number of rotatable bonds is 1. The molecule has 0 aromatic heterocycles. The minimum atomic E-state index is -0.348. The first-order valence-corrected chi connectivity index (χ1v) is 5.14. The van der Waals surface area contributed by atoms with E-state index in [-0.39, 0.29) is 11.5 Å². The van der Waals surface area contributed by atoms with Gasteiger partial charge in [-0.15, -0.1) is 0 Å². The average molecular weight is 188 g/mol. The van der Waals surface area contributed by atoms with E-state index < -0.39 is 0 Å². The van der Waals surface area contributed by atoms with Gasteiger partial charge in [-0.3, -0.25) is 0 Å². The summed E-state index contributed by atoms with van der Waals surface area (Å²) < 4.78 is 0. The monoisotopic (exact) mass is 188 g/mol. The Hall–Kier alpha value is -1.08. The third-order valence-electron chi connectivity index (χ3n) is 3.23. The highest BCUT2D eigenvalue weighted by molar-refractivity contribution is 5.29. The van der Waals surface area contributed by atoms with E-state index in [1.807, 2.05) is 24.3 Å². The maximum absolute atomic E-state index is 9.99. The third-order valence-corrected chi connectivity index (χ3v) is 3.23. The smallest absolute Gasteiger partial charge is 0.0814 e. The highest BCUT2D eigenvalue weighted by Gasteiger charge is 2.34. The summed E-state index contributed by atoms with van der Waals surface area (Å²) in [6.07, 6.45) is 5.71. The van der Waals surface area contributed by atoms with Gasteiger partial charge >= 0.3 is 0 Å². The number of benzene rings is 1. The Bertz CT molecular complexity index is 328. The van der Waals surface area contributed by atoms with Gasteiger partial charge in [0, 0.05) is 5.41 Å². The van der Waals surface area contributed by atoms with Crippen LogP contribution in [0.1, 0.15) is 25.3 Å². The zero-order valence-electron chi connectivity index (χ0n) is 8.48. The zero-order valence-corrected chi connectivity index (χ0v) is 8.48. The number of aliphatic hydroxyl groups is 1. The largest absolute Gasteiger partial charge is 0.388 e. The molecule has 1 aliphatic rings. The van der Waals surface area contributed by atoms with Crippen molar-refractivity contribution in [2.45, 2.75) is 31.3 Å². The fourth-order valence-corrected chi connectivity index (χ4v) is 2.10. The predicted molar refractivity (Wildman–Crippen MR) is 58.2 cm³/mol. The van der Waals surface area contributed by atoms with Gasteiger partial charge in [-0.25, -0.2) is 0 Å². The van der Waals surface area contributed by atoms with Crippen molar-refractivity contribution in [2.75, 3.05) is 0 Å². The van der Waals surface area contributed by atoms with Crippen LogP contribution >= 0.6 is 0 Å². The minimum Gasteiger partial charge on any atom is -0.388 e. The van der Waals surface area contributed by atoms with Crippen LogP contribution in [0.25, 0.3) is 0 Å². The van der Waals surface area contributed by atoms with E-state index in [9.17, 15) is 5.11 Å². The van der Waals surface area contributed by atoms with E-state index in [2.05, 4.69) is 25.1 Å². The second kappa shape index (κ2) is 3.58. The summed E-state index contributed by atoms with van der Waals surface area (Å²) in [5.74, 6) is 0. The normalized spacial score (nSPS) is 31.7. The number of allylic oxidation sites excluding steroid dienone is 1. The van der Waals surface area contributed by atoms with E-state index in [0.717, 1.165) is 12.8 Å². The lowest BCUT2D eigenvalue weighted by atomic mass is 9.71. The van der Waals surface area contributed by atoms with Crippen LogP contribution in [0.15, 0.2) is 42.5 Å². The van der Waals surface area contributed by atoms with Crippen LogP contribution in [-0.2, 0) is 5.41 Å². The second-order valence-corrected chi connectivity index (χ2v) is 4.20. The molecule has 1 heteroatoms. The third kappa shape index (κ3) is 1.48. The average Bonchev–Trinajstić information content (AvgIpc) is 2.24. The molecule has 0 saturated heterocycles. The Morgan fingerprint density at radius 2 is 2.00 bits per heavy atom. The maximum atomic E-state index is 9.99. The summed E-state index contributed by atoms with van der Waals surface area (Å²) in [7, 11) is 0. The topological polar surface area (TPSA) is 20.2 Å². The summed E-state index contributed by atoms with van der Waals surface area (Å²) in [5.41, 5.74) is 1.13. The molecule has 1 aromatic carbocycles. The molecule has 0 saturated carbocycles. The molecule has 14 heavy (non-hydrogen) atoms. The Morgan fingerprint density at radius 3 is 2.64 bits per heavy atom. The van der Waals surface area contributed by atoms with Gasteiger partial charge in [0.2, 0.25) is 0 Å². The molecule has 0 heterocycles. The van der Waals surface area contributed by atoms with E-state index in [1.54, 1.807) is 0 Å². The van der Waals surface area contributed by atoms with Crippen LogP contribution in [0.2, 0.25) is 0 Å². The molecule has 1 aromatic rings. The van der Waals surface area contributed by atoms with Gasteiger partial charge < -0.3 is 5.11 Å². The SMILES string of the molecule is C[C@@]1(c2ccccc2)CCC=C[C@H]1O. The Kier molecular flexibility index (Phi) is 2.42. The first-order valence-electron chi connectivity index (χ1n) is 5.14. The van der Waals surface area contributed by atoms with Gasteiger partial charge in [-0.05, 0) is 18.4 Å². The van der Waals surface area contributed by atoms with Crippen LogP contribution in [0.3, 0.4) is 0 Å². The van der Waals surface area contributed by atoms with Crippen molar-refractivity contribution >= 4 is 0 Å². The first-order chi connectivity index (χ1) is 6.73. The molecule has 0 unspecified atom stereocenters. The lowest BCUT2D eigenvalue weighted by Gasteiger charge is -2.36. The summed E-state index contributed by atoms with van der Waals surface area (Å²) in [4.78, 5) is 0. The number of hydrogen-bond acceptors (Lipinski definition) is 1. The fourth-order valence-electron chi connectivity index (χ4n) is 2.10. The van der Waals surface area contributed by atoms with Crippen molar-refractivity contribution in [1.82, 2.24) is 0 Å². The summed E-state index contributed by atoms with van der Waals surface area (Å²) >= 11 is 0. The molecule has 2 atom stereocenters. The van der Waals surface area contributed by atoms with E-state index in [0.29, 0.717) is 0 Å². The lowest BCUT2D eigenvalue weighted by molar-refractivity contribution is 0.120. The van der Waals surface area contributed by atoms with Crippen LogP contribution in [-0.4, -0.2) is 11.2 Å². The molecular weight excluding hydrogens is 172 g/mol. The van der Waals surface area contributed by atoms with Gasteiger partial charge in [0.25, 0.3) is 0 Å². The summed E-state index contributed by atoms with van der Waals surface area (Å²) in [6, 6.07) is 10.3. The van der Waals surface area contributed by atoms with E-state index in [1.165, 1.54) is 5.56 Å². The highest BCUT2D eigenvalue weighted by Crippen LogP contribution is 2.35. The van der Waals surface area contributed by atoms with Crippen molar-refractivity contribution in [1.29, 1.82) is 0 Å². The first kappa shape index (κ1) is 9.47. The van der Waals surface area contributed by atoms with Crippen molar-refractivity contribution in [2.24, 2.45) is 0 Å². The zero-order chi connectivity index (χ0) is 10.0. The van der Waals surface area contributed by atoms with Crippen LogP contribution in [0.5, 0.6) is 0 Å². The highest BCUT2D eigenvalue weighted by atomic mass is 16.3. The van der Waals surface area contributed by atoms with E-state index >= 15 is 0 Å².